The molecule has 100 valence electrons. The second-order valence-electron chi connectivity index (χ2n) is 3.91. The largest absolute Gasteiger partial charge is 0.370 e. The third-order valence-corrected chi connectivity index (χ3v) is 2.54. The van der Waals surface area contributed by atoms with Crippen molar-refractivity contribution in [3.05, 3.63) is 56.7 Å². The molecule has 2 rings (SSSR count). The third-order valence-electron chi connectivity index (χ3n) is 2.54. The van der Waals surface area contributed by atoms with E-state index in [-0.39, 0.29) is 6.54 Å². The van der Waals surface area contributed by atoms with E-state index in [1.807, 2.05) is 11.9 Å². The summed E-state index contributed by atoms with van der Waals surface area (Å²) in [4.78, 5) is 28.6. The number of halogens is 1. The molecule has 0 aliphatic rings. The summed E-state index contributed by atoms with van der Waals surface area (Å²) in [5.41, 5.74) is -0.935. The van der Waals surface area contributed by atoms with Crippen LogP contribution in [-0.2, 0) is 6.54 Å². The molecular weight excluding hydrogens is 251 g/mol. The molecule has 2 aromatic heterocycles. The van der Waals surface area contributed by atoms with Crippen LogP contribution < -0.4 is 16.6 Å². The maximum Gasteiger partial charge on any atom is 0.328 e. The smallest absolute Gasteiger partial charge is 0.328 e. The first-order chi connectivity index (χ1) is 9.11. The van der Waals surface area contributed by atoms with Crippen LogP contribution in [0.25, 0.3) is 0 Å². The van der Waals surface area contributed by atoms with Gasteiger partial charge in [0.2, 0.25) is 5.82 Å². The van der Waals surface area contributed by atoms with Crippen LogP contribution in [0.4, 0.5) is 10.2 Å². The summed E-state index contributed by atoms with van der Waals surface area (Å²) in [6.45, 7) is 2.73. The van der Waals surface area contributed by atoms with Crippen LogP contribution in [0, 0.1) is 5.82 Å². The average Bonchev–Trinajstić information content (AvgIpc) is 2.38. The molecule has 0 amide bonds. The number of pyridine rings is 1. The van der Waals surface area contributed by atoms with Gasteiger partial charge in [0.1, 0.15) is 5.82 Å². The van der Waals surface area contributed by atoms with Gasteiger partial charge in [-0.2, -0.15) is 4.39 Å². The van der Waals surface area contributed by atoms with E-state index in [0.717, 1.165) is 16.3 Å². The SMILES string of the molecule is CCNc1ncccc1Cn1cc(F)c(=O)[nH]c1=O. The quantitative estimate of drug-likeness (QED) is 0.845. The molecule has 2 heterocycles. The van der Waals surface area contributed by atoms with Gasteiger partial charge in [-0.05, 0) is 13.0 Å². The minimum Gasteiger partial charge on any atom is -0.370 e. The Hall–Kier alpha value is -2.44. The van der Waals surface area contributed by atoms with Gasteiger partial charge in [-0.15, -0.1) is 0 Å². The van der Waals surface area contributed by atoms with E-state index in [1.54, 1.807) is 18.3 Å². The molecule has 0 radical (unpaired) electrons. The van der Waals surface area contributed by atoms with Gasteiger partial charge in [-0.1, -0.05) is 6.07 Å². The highest BCUT2D eigenvalue weighted by atomic mass is 19.1. The predicted molar refractivity (Wildman–Crippen MR) is 68.8 cm³/mol. The van der Waals surface area contributed by atoms with Crippen LogP contribution in [0.1, 0.15) is 12.5 Å². The first kappa shape index (κ1) is 13.0. The summed E-state index contributed by atoms with van der Waals surface area (Å²) in [5, 5.41) is 3.05. The first-order valence-corrected chi connectivity index (χ1v) is 5.79. The molecule has 0 aliphatic carbocycles. The van der Waals surface area contributed by atoms with Crippen molar-refractivity contribution in [2.75, 3.05) is 11.9 Å². The maximum atomic E-state index is 13.2. The van der Waals surface area contributed by atoms with Gasteiger partial charge in [0.05, 0.1) is 12.7 Å². The predicted octanol–water partition coefficient (Wildman–Crippen LogP) is 0.551. The fraction of sp³-hybridized carbons (Fsp3) is 0.250. The van der Waals surface area contributed by atoms with Gasteiger partial charge >= 0.3 is 5.69 Å². The number of anilines is 1. The van der Waals surface area contributed by atoms with Gasteiger partial charge in [0.25, 0.3) is 5.56 Å². The summed E-state index contributed by atoms with van der Waals surface area (Å²) >= 11 is 0. The average molecular weight is 264 g/mol. The van der Waals surface area contributed by atoms with E-state index in [1.165, 1.54) is 0 Å². The minimum absolute atomic E-state index is 0.128. The minimum atomic E-state index is -1.01. The fourth-order valence-corrected chi connectivity index (χ4v) is 1.68. The van der Waals surface area contributed by atoms with Crippen molar-refractivity contribution in [2.24, 2.45) is 0 Å². The van der Waals surface area contributed by atoms with Crippen LogP contribution in [-0.4, -0.2) is 21.1 Å². The van der Waals surface area contributed by atoms with Crippen LogP contribution >= 0.6 is 0 Å². The van der Waals surface area contributed by atoms with Crippen LogP contribution in [0.3, 0.4) is 0 Å². The second kappa shape index (κ2) is 5.47. The van der Waals surface area contributed by atoms with E-state index in [0.29, 0.717) is 12.4 Å². The van der Waals surface area contributed by atoms with Crippen LogP contribution in [0.15, 0.2) is 34.1 Å². The summed E-state index contributed by atoms with van der Waals surface area (Å²) in [5.74, 6) is -0.364. The highest BCUT2D eigenvalue weighted by Gasteiger charge is 2.07. The molecule has 2 N–H and O–H groups in total. The maximum absolute atomic E-state index is 13.2. The molecule has 6 nitrogen and oxygen atoms in total. The van der Waals surface area contributed by atoms with E-state index < -0.39 is 17.1 Å². The summed E-state index contributed by atoms with van der Waals surface area (Å²) in [6.07, 6.45) is 2.52. The van der Waals surface area contributed by atoms with Gasteiger partial charge in [-0.25, -0.2) is 9.78 Å². The monoisotopic (exact) mass is 264 g/mol. The Kier molecular flexibility index (Phi) is 3.74. The molecular formula is C12H13FN4O2. The Morgan fingerprint density at radius 1 is 1.47 bits per heavy atom. The zero-order valence-corrected chi connectivity index (χ0v) is 10.3. The van der Waals surface area contributed by atoms with Crippen LogP contribution in [0.5, 0.6) is 0 Å². The molecule has 2 aromatic rings. The van der Waals surface area contributed by atoms with Gasteiger partial charge in [0, 0.05) is 18.3 Å². The van der Waals surface area contributed by atoms with Crippen molar-refractivity contribution in [2.45, 2.75) is 13.5 Å². The normalized spacial score (nSPS) is 10.4. The van der Waals surface area contributed by atoms with Crippen LogP contribution in [0.2, 0.25) is 0 Å². The van der Waals surface area contributed by atoms with Crippen molar-refractivity contribution >= 4 is 5.82 Å². The number of rotatable bonds is 4. The summed E-state index contributed by atoms with van der Waals surface area (Å²) in [6, 6.07) is 3.50. The van der Waals surface area contributed by atoms with E-state index in [9.17, 15) is 14.0 Å². The van der Waals surface area contributed by atoms with E-state index in [4.69, 9.17) is 0 Å². The third kappa shape index (κ3) is 2.87. The Labute approximate surface area is 107 Å². The Bertz CT molecular complexity index is 693. The van der Waals surface area contributed by atoms with E-state index >= 15 is 0 Å². The molecule has 0 fully saturated rings. The number of nitrogens with zero attached hydrogens (tertiary/aromatic N) is 2. The highest BCUT2D eigenvalue weighted by Crippen LogP contribution is 2.11. The summed E-state index contributed by atoms with van der Waals surface area (Å²) < 4.78 is 14.3. The molecule has 19 heavy (non-hydrogen) atoms. The zero-order chi connectivity index (χ0) is 13.8. The second-order valence-corrected chi connectivity index (χ2v) is 3.91. The number of hydrogen-bond donors (Lipinski definition) is 2. The Balaban J connectivity index is 2.39. The number of nitrogens with one attached hydrogen (secondary N) is 2. The van der Waals surface area contributed by atoms with E-state index in [2.05, 4.69) is 10.3 Å². The van der Waals surface area contributed by atoms with Crippen molar-refractivity contribution in [3.8, 4) is 0 Å². The van der Waals surface area contributed by atoms with Crippen molar-refractivity contribution in [3.63, 3.8) is 0 Å². The number of hydrogen-bond acceptors (Lipinski definition) is 4. The molecule has 0 aromatic carbocycles. The standard InChI is InChI=1S/C12H13FN4O2/c1-2-14-10-8(4-3-5-15-10)6-17-7-9(13)11(18)16-12(17)19/h3-5,7H,2,6H2,1H3,(H,14,15)(H,16,18,19). The molecule has 0 atom stereocenters. The van der Waals surface area contributed by atoms with Crippen molar-refractivity contribution in [1.82, 2.24) is 14.5 Å². The number of aromatic amines is 1. The topological polar surface area (TPSA) is 79.8 Å². The molecule has 0 spiro atoms. The van der Waals surface area contributed by atoms with Gasteiger partial charge < -0.3 is 5.32 Å². The lowest BCUT2D eigenvalue weighted by Gasteiger charge is -2.10. The fourth-order valence-electron chi connectivity index (χ4n) is 1.68. The zero-order valence-electron chi connectivity index (χ0n) is 10.3. The molecule has 0 bridgehead atoms. The molecule has 0 aliphatic heterocycles. The lowest BCUT2D eigenvalue weighted by Crippen LogP contribution is -2.31. The molecule has 0 saturated carbocycles. The number of aromatic nitrogens is 3. The van der Waals surface area contributed by atoms with Crippen molar-refractivity contribution in [1.29, 1.82) is 0 Å². The lowest BCUT2D eigenvalue weighted by atomic mass is 10.2. The lowest BCUT2D eigenvalue weighted by molar-refractivity contribution is 0.566. The van der Waals surface area contributed by atoms with Crippen molar-refractivity contribution < 1.29 is 4.39 Å². The summed E-state index contributed by atoms with van der Waals surface area (Å²) in [7, 11) is 0. The van der Waals surface area contributed by atoms with Gasteiger partial charge in [-0.3, -0.25) is 14.3 Å². The molecule has 0 unspecified atom stereocenters. The Morgan fingerprint density at radius 3 is 3.00 bits per heavy atom. The first-order valence-electron chi connectivity index (χ1n) is 5.79. The number of H-pyrrole nitrogens is 1. The highest BCUT2D eigenvalue weighted by molar-refractivity contribution is 5.43. The molecule has 0 saturated heterocycles. The van der Waals surface area contributed by atoms with Gasteiger partial charge in [0.15, 0.2) is 0 Å². The Morgan fingerprint density at radius 2 is 2.26 bits per heavy atom. The molecule has 7 heteroatoms.